The van der Waals surface area contributed by atoms with E-state index in [-0.39, 0.29) is 24.2 Å². The van der Waals surface area contributed by atoms with Crippen LogP contribution in [-0.4, -0.2) is 44.9 Å². The molecule has 5 atom stereocenters. The quantitative estimate of drug-likeness (QED) is 0.376. The van der Waals surface area contributed by atoms with Gasteiger partial charge in [-0.1, -0.05) is 6.92 Å². The molecule has 3 aliphatic rings. The maximum absolute atomic E-state index is 13.3. The summed E-state index contributed by atoms with van der Waals surface area (Å²) in [5.74, 6) is -9.73. The summed E-state index contributed by atoms with van der Waals surface area (Å²) in [4.78, 5) is 63.4. The maximum Gasteiger partial charge on any atom is 0.235 e. The summed E-state index contributed by atoms with van der Waals surface area (Å²) in [6.45, 7) is 1.92. The number of hydrogen-bond donors (Lipinski definition) is 3. The average molecular weight is 525 g/mol. The Balaban J connectivity index is 1.84. The minimum atomic E-state index is -2.60. The fraction of sp³-hybridized carbons (Fsp3) is 0.476. The lowest BCUT2D eigenvalue weighted by Crippen LogP contribution is -2.68. The fourth-order valence-electron chi connectivity index (χ4n) is 5.39. The lowest BCUT2D eigenvalue weighted by Gasteiger charge is -2.48. The number of ketones is 4. The third-order valence-corrected chi connectivity index (χ3v) is 7.65. The molecule has 0 bridgehead atoms. The van der Waals surface area contributed by atoms with Crippen LogP contribution in [-0.2, 0) is 32.0 Å². The number of nitrogens with two attached hydrogens (primary N) is 1. The molecular formula is C21H20INO7. The summed E-state index contributed by atoms with van der Waals surface area (Å²) in [6, 6.07) is 1.80. The molecule has 158 valence electrons. The van der Waals surface area contributed by atoms with Crippen molar-refractivity contribution in [1.82, 2.24) is 0 Å². The van der Waals surface area contributed by atoms with Crippen LogP contribution in [0.1, 0.15) is 41.3 Å². The highest BCUT2D eigenvalue weighted by Gasteiger charge is 2.66. The predicted octanol–water partition coefficient (Wildman–Crippen LogP) is 0.494. The highest BCUT2D eigenvalue weighted by Crippen LogP contribution is 2.50. The minimum Gasteiger partial charge on any atom is -0.506 e. The van der Waals surface area contributed by atoms with Gasteiger partial charge in [-0.2, -0.15) is 0 Å². The van der Waals surface area contributed by atoms with Crippen LogP contribution in [0.25, 0.3) is 0 Å². The van der Waals surface area contributed by atoms with Crippen molar-refractivity contribution >= 4 is 51.6 Å². The first kappa shape index (κ1) is 21.1. The van der Waals surface area contributed by atoms with Gasteiger partial charge in [0.1, 0.15) is 5.75 Å². The van der Waals surface area contributed by atoms with Crippen LogP contribution in [0.2, 0.25) is 0 Å². The highest BCUT2D eigenvalue weighted by atomic mass is 127. The van der Waals surface area contributed by atoms with Gasteiger partial charge in [-0.15, -0.1) is 0 Å². The number of carbonyl (C=O) groups is 5. The molecule has 1 aromatic carbocycles. The molecular weight excluding hydrogens is 505 g/mol. The molecule has 1 amide bonds. The van der Waals surface area contributed by atoms with Gasteiger partial charge in [-0.05, 0) is 65.0 Å². The van der Waals surface area contributed by atoms with Gasteiger partial charge in [-0.3, -0.25) is 24.0 Å². The van der Waals surface area contributed by atoms with E-state index < -0.39 is 58.3 Å². The van der Waals surface area contributed by atoms with E-state index in [0.717, 1.165) is 5.56 Å². The Morgan fingerprint density at radius 1 is 1.23 bits per heavy atom. The third-order valence-electron chi connectivity index (χ3n) is 6.83. The second kappa shape index (κ2) is 6.94. The number of aryl methyl sites for hydroxylation is 1. The third kappa shape index (κ3) is 2.64. The van der Waals surface area contributed by atoms with Crippen molar-refractivity contribution in [1.29, 1.82) is 0 Å². The Labute approximate surface area is 185 Å². The topological polar surface area (TPSA) is 152 Å². The van der Waals surface area contributed by atoms with Crippen LogP contribution in [0, 0.1) is 27.2 Å². The van der Waals surface area contributed by atoms with E-state index in [1.165, 1.54) is 0 Å². The molecule has 4 N–H and O–H groups in total. The molecule has 0 radical (unpaired) electrons. The number of primary amides is 1. The number of rotatable bonds is 2. The molecule has 3 aliphatic carbocycles. The second-order valence-corrected chi connectivity index (χ2v) is 9.47. The molecule has 1 aromatic rings. The number of halogens is 1. The van der Waals surface area contributed by atoms with Crippen LogP contribution in [0.4, 0.5) is 0 Å². The predicted molar refractivity (Wildman–Crippen MR) is 111 cm³/mol. The van der Waals surface area contributed by atoms with Crippen molar-refractivity contribution in [3.63, 3.8) is 0 Å². The summed E-state index contributed by atoms with van der Waals surface area (Å²) in [6.07, 6.45) is 0.725. The molecule has 2 unspecified atom stereocenters. The van der Waals surface area contributed by atoms with Gasteiger partial charge in [0.05, 0.1) is 15.1 Å². The number of aliphatic hydroxyl groups is 1. The largest absolute Gasteiger partial charge is 0.506 e. The summed E-state index contributed by atoms with van der Waals surface area (Å²) in [5, 5.41) is 21.7. The zero-order chi connectivity index (χ0) is 22.1. The van der Waals surface area contributed by atoms with Crippen LogP contribution >= 0.6 is 22.6 Å². The second-order valence-electron chi connectivity index (χ2n) is 8.31. The van der Waals surface area contributed by atoms with Crippen LogP contribution in [0.5, 0.6) is 5.75 Å². The monoisotopic (exact) mass is 525 g/mol. The molecule has 0 aliphatic heterocycles. The smallest absolute Gasteiger partial charge is 0.235 e. The van der Waals surface area contributed by atoms with Crippen molar-refractivity contribution in [3.05, 3.63) is 26.3 Å². The molecule has 30 heavy (non-hydrogen) atoms. The molecule has 2 saturated carbocycles. The first-order chi connectivity index (χ1) is 14.0. The van der Waals surface area contributed by atoms with Crippen molar-refractivity contribution in [2.45, 2.75) is 38.2 Å². The number of amides is 1. The van der Waals surface area contributed by atoms with E-state index in [9.17, 15) is 34.2 Å². The van der Waals surface area contributed by atoms with Gasteiger partial charge in [0.2, 0.25) is 5.91 Å². The summed E-state index contributed by atoms with van der Waals surface area (Å²) < 4.78 is 0.475. The lowest BCUT2D eigenvalue weighted by atomic mass is 9.53. The molecule has 4 rings (SSSR count). The standard InChI is InChI=1S/C21H20INO7/c1-2-7-5-11(22)16(25)14-10(7)4-8-3-9-6-12(24)15(20(23)29)19(28)21(9,30)18(27)13(8)17(14)26/h5,8-9,13,15,25,30H,2-4,6H2,1H3,(H2,23,29)/t8-,9+,13?,15?,21+/m1/s1. The highest BCUT2D eigenvalue weighted by molar-refractivity contribution is 14.1. The number of hydrogen-bond acceptors (Lipinski definition) is 7. The zero-order valence-electron chi connectivity index (χ0n) is 16.1. The van der Waals surface area contributed by atoms with E-state index in [2.05, 4.69) is 0 Å². The van der Waals surface area contributed by atoms with Gasteiger partial charge in [0.25, 0.3) is 0 Å². The van der Waals surface area contributed by atoms with Gasteiger partial charge in [0, 0.05) is 12.3 Å². The number of aromatic hydroxyl groups is 1. The van der Waals surface area contributed by atoms with E-state index >= 15 is 0 Å². The first-order valence-electron chi connectivity index (χ1n) is 9.74. The van der Waals surface area contributed by atoms with Crippen LogP contribution in [0.15, 0.2) is 6.07 Å². The van der Waals surface area contributed by atoms with Gasteiger partial charge in [0.15, 0.2) is 34.7 Å². The Bertz CT molecular complexity index is 1050. The van der Waals surface area contributed by atoms with Crippen molar-refractivity contribution in [2.75, 3.05) is 0 Å². The van der Waals surface area contributed by atoms with E-state index in [4.69, 9.17) is 5.73 Å². The first-order valence-corrected chi connectivity index (χ1v) is 10.8. The number of phenols is 1. The fourth-order valence-corrected chi connectivity index (χ4v) is 6.04. The molecule has 0 aromatic heterocycles. The number of Topliss-reactive ketones (excluding diaryl/α,β-unsaturated/α-hetero) is 4. The van der Waals surface area contributed by atoms with Crippen molar-refractivity contribution in [2.24, 2.45) is 29.4 Å². The average Bonchev–Trinajstić information content (AvgIpc) is 2.67. The molecule has 0 spiro atoms. The van der Waals surface area contributed by atoms with Crippen molar-refractivity contribution in [3.8, 4) is 5.75 Å². The number of benzene rings is 1. The Morgan fingerprint density at radius 3 is 2.50 bits per heavy atom. The molecule has 0 saturated heterocycles. The number of phenolic OH excluding ortho intramolecular Hbond substituents is 1. The summed E-state index contributed by atoms with van der Waals surface area (Å²) >= 11 is 1.91. The zero-order valence-corrected chi connectivity index (χ0v) is 18.3. The van der Waals surface area contributed by atoms with Crippen LogP contribution < -0.4 is 5.73 Å². The maximum atomic E-state index is 13.3. The summed E-state index contributed by atoms with van der Waals surface area (Å²) in [7, 11) is 0. The molecule has 8 nitrogen and oxygen atoms in total. The summed E-state index contributed by atoms with van der Waals surface area (Å²) in [5.41, 5.74) is 4.17. The van der Waals surface area contributed by atoms with Crippen LogP contribution in [0.3, 0.4) is 0 Å². The van der Waals surface area contributed by atoms with Gasteiger partial charge >= 0.3 is 0 Å². The number of fused-ring (bicyclic) bond motifs is 3. The Hall–Kier alpha value is -2.14. The molecule has 9 heteroatoms. The molecule has 0 heterocycles. The number of carbonyl (C=O) groups excluding carboxylic acids is 5. The Morgan fingerprint density at radius 2 is 1.90 bits per heavy atom. The van der Waals surface area contributed by atoms with E-state index in [1.54, 1.807) is 6.07 Å². The van der Waals surface area contributed by atoms with Gasteiger partial charge < -0.3 is 15.9 Å². The van der Waals surface area contributed by atoms with E-state index in [1.807, 2.05) is 29.5 Å². The molecule has 2 fully saturated rings. The lowest BCUT2D eigenvalue weighted by molar-refractivity contribution is -0.175. The van der Waals surface area contributed by atoms with Gasteiger partial charge in [-0.25, -0.2) is 0 Å². The van der Waals surface area contributed by atoms with E-state index in [0.29, 0.717) is 22.0 Å². The minimum absolute atomic E-state index is 0.0567. The Kier molecular flexibility index (Phi) is 4.89. The normalized spacial score (nSPS) is 33.0. The SMILES string of the molecule is CCc1cc(I)c(O)c2c1C[C@H]1C[C@H]3CC(=O)C(C(N)=O)C(=O)[C@@]3(O)C(=O)C1C2=O. The van der Waals surface area contributed by atoms with Crippen molar-refractivity contribution < 1.29 is 34.2 Å².